The van der Waals surface area contributed by atoms with Gasteiger partial charge in [0.25, 0.3) is 0 Å². The molecule has 0 aromatic heterocycles. The van der Waals surface area contributed by atoms with E-state index in [2.05, 4.69) is 4.72 Å². The molecule has 5 nitrogen and oxygen atoms in total. The summed E-state index contributed by atoms with van der Waals surface area (Å²) in [5, 5.41) is 0. The van der Waals surface area contributed by atoms with Crippen LogP contribution in [0.1, 0.15) is 37.6 Å². The van der Waals surface area contributed by atoms with Crippen LogP contribution in [0.15, 0.2) is 29.2 Å². The molecule has 0 amide bonds. The lowest BCUT2D eigenvalue weighted by Crippen LogP contribution is -2.41. The fourth-order valence-electron chi connectivity index (χ4n) is 1.93. The highest BCUT2D eigenvalue weighted by Gasteiger charge is 2.20. The number of hydrogen-bond donors (Lipinski definition) is 2. The number of benzene rings is 1. The second-order valence-corrected chi connectivity index (χ2v) is 6.98. The predicted octanol–water partition coefficient (Wildman–Crippen LogP) is 1.54. The van der Waals surface area contributed by atoms with Gasteiger partial charge in [0.05, 0.1) is 4.90 Å². The number of Topliss-reactive ketones (excluding diaryl/α,β-unsaturated/α-hetero) is 1. The normalized spacial score (nSPS) is 13.4. The lowest BCUT2D eigenvalue weighted by atomic mass is 10.1. The van der Waals surface area contributed by atoms with Crippen molar-refractivity contribution in [3.63, 3.8) is 0 Å². The Labute approximate surface area is 120 Å². The number of ketones is 1. The first kappa shape index (κ1) is 16.8. The Morgan fingerprint density at radius 3 is 2.50 bits per heavy atom. The highest BCUT2D eigenvalue weighted by Crippen LogP contribution is 2.14. The van der Waals surface area contributed by atoms with Gasteiger partial charge >= 0.3 is 0 Å². The van der Waals surface area contributed by atoms with E-state index in [1.54, 1.807) is 12.1 Å². The van der Waals surface area contributed by atoms with Gasteiger partial charge in [-0.3, -0.25) is 4.79 Å². The van der Waals surface area contributed by atoms with E-state index in [-0.39, 0.29) is 23.3 Å². The standard InChI is InChI=1S/C14H22N2O3S/c1-10(2)7-13(9-15)16-20(18,19)14-6-4-5-12(8-14)11(3)17/h4-6,8,10,13,16H,7,9,15H2,1-3H3. The molecule has 1 atom stereocenters. The maximum absolute atomic E-state index is 12.3. The molecule has 0 saturated heterocycles. The summed E-state index contributed by atoms with van der Waals surface area (Å²) in [7, 11) is -3.66. The highest BCUT2D eigenvalue weighted by molar-refractivity contribution is 7.89. The minimum Gasteiger partial charge on any atom is -0.329 e. The monoisotopic (exact) mass is 298 g/mol. The molecule has 20 heavy (non-hydrogen) atoms. The SMILES string of the molecule is CC(=O)c1cccc(S(=O)(=O)NC(CN)CC(C)C)c1. The van der Waals surface area contributed by atoms with Crippen molar-refractivity contribution in [2.24, 2.45) is 11.7 Å². The average Bonchev–Trinajstić information content (AvgIpc) is 2.37. The third-order valence-corrected chi connectivity index (χ3v) is 4.43. The molecule has 0 aliphatic carbocycles. The molecule has 1 unspecified atom stereocenters. The van der Waals surface area contributed by atoms with Gasteiger partial charge in [0, 0.05) is 18.2 Å². The third-order valence-electron chi connectivity index (χ3n) is 2.91. The average molecular weight is 298 g/mol. The van der Waals surface area contributed by atoms with Gasteiger partial charge in [0.1, 0.15) is 0 Å². The van der Waals surface area contributed by atoms with Crippen LogP contribution in [0.5, 0.6) is 0 Å². The number of sulfonamides is 1. The van der Waals surface area contributed by atoms with Crippen molar-refractivity contribution >= 4 is 15.8 Å². The third kappa shape index (κ3) is 4.70. The second kappa shape index (κ2) is 6.97. The molecule has 0 spiro atoms. The Morgan fingerprint density at radius 1 is 1.35 bits per heavy atom. The zero-order valence-corrected chi connectivity index (χ0v) is 12.9. The maximum atomic E-state index is 12.3. The number of hydrogen-bond acceptors (Lipinski definition) is 4. The Hall–Kier alpha value is -1.24. The Bertz CT molecular complexity index is 568. The first-order valence-electron chi connectivity index (χ1n) is 6.59. The van der Waals surface area contributed by atoms with Gasteiger partial charge in [-0.25, -0.2) is 13.1 Å². The predicted molar refractivity (Wildman–Crippen MR) is 79.1 cm³/mol. The molecule has 6 heteroatoms. The molecule has 1 aromatic carbocycles. The molecule has 1 aromatic rings. The molecule has 1 rings (SSSR count). The highest BCUT2D eigenvalue weighted by atomic mass is 32.2. The Balaban J connectivity index is 2.98. The molecule has 0 aliphatic heterocycles. The number of carbonyl (C=O) groups is 1. The lowest BCUT2D eigenvalue weighted by Gasteiger charge is -2.19. The first-order valence-corrected chi connectivity index (χ1v) is 8.08. The summed E-state index contributed by atoms with van der Waals surface area (Å²) in [4.78, 5) is 11.4. The molecule has 112 valence electrons. The first-order chi connectivity index (χ1) is 9.26. The van der Waals surface area contributed by atoms with Gasteiger partial charge in [-0.1, -0.05) is 26.0 Å². The van der Waals surface area contributed by atoms with Crippen molar-refractivity contribution in [3.05, 3.63) is 29.8 Å². The van der Waals surface area contributed by atoms with Crippen LogP contribution >= 0.6 is 0 Å². The van der Waals surface area contributed by atoms with Gasteiger partial charge < -0.3 is 5.73 Å². The fraction of sp³-hybridized carbons (Fsp3) is 0.500. The molecule has 0 fully saturated rings. The molecule has 0 saturated carbocycles. The van der Waals surface area contributed by atoms with Gasteiger partial charge in [-0.05, 0) is 31.4 Å². The molecule has 0 bridgehead atoms. The molecule has 0 aliphatic rings. The topological polar surface area (TPSA) is 89.3 Å². The van der Waals surface area contributed by atoms with Gasteiger partial charge in [-0.2, -0.15) is 0 Å². The van der Waals surface area contributed by atoms with Gasteiger partial charge in [0.15, 0.2) is 5.78 Å². The minimum absolute atomic E-state index is 0.0902. The number of carbonyl (C=O) groups excluding carboxylic acids is 1. The maximum Gasteiger partial charge on any atom is 0.240 e. The zero-order valence-electron chi connectivity index (χ0n) is 12.1. The summed E-state index contributed by atoms with van der Waals surface area (Å²) < 4.78 is 27.2. The van der Waals surface area contributed by atoms with E-state index in [1.807, 2.05) is 13.8 Å². The van der Waals surface area contributed by atoms with Crippen LogP contribution < -0.4 is 10.5 Å². The van der Waals surface area contributed by atoms with Crippen molar-refractivity contribution in [1.82, 2.24) is 4.72 Å². The Morgan fingerprint density at radius 2 is 2.00 bits per heavy atom. The molecular weight excluding hydrogens is 276 g/mol. The van der Waals surface area contributed by atoms with Crippen molar-refractivity contribution in [2.75, 3.05) is 6.54 Å². The van der Waals surface area contributed by atoms with Crippen molar-refractivity contribution < 1.29 is 13.2 Å². The minimum atomic E-state index is -3.66. The van der Waals surface area contributed by atoms with Gasteiger partial charge in [-0.15, -0.1) is 0 Å². The molecule has 0 heterocycles. The number of nitrogens with two attached hydrogens (primary N) is 1. The van der Waals surface area contributed by atoms with Crippen LogP contribution in [0.2, 0.25) is 0 Å². The summed E-state index contributed by atoms with van der Waals surface area (Å²) in [5.41, 5.74) is 5.98. The molecular formula is C14H22N2O3S. The number of rotatable bonds is 7. The Kier molecular flexibility index (Phi) is 5.86. The van der Waals surface area contributed by atoms with Crippen LogP contribution in [-0.2, 0) is 10.0 Å². The summed E-state index contributed by atoms with van der Waals surface area (Å²) >= 11 is 0. The smallest absolute Gasteiger partial charge is 0.240 e. The van der Waals surface area contributed by atoms with E-state index < -0.39 is 10.0 Å². The summed E-state index contributed by atoms with van der Waals surface area (Å²) in [6.07, 6.45) is 0.669. The van der Waals surface area contributed by atoms with Crippen LogP contribution in [0.4, 0.5) is 0 Å². The summed E-state index contributed by atoms with van der Waals surface area (Å²) in [6, 6.07) is 5.70. The fourth-order valence-corrected chi connectivity index (χ4v) is 3.24. The van der Waals surface area contributed by atoms with Crippen molar-refractivity contribution in [2.45, 2.75) is 38.1 Å². The second-order valence-electron chi connectivity index (χ2n) is 5.27. The van der Waals surface area contributed by atoms with E-state index >= 15 is 0 Å². The molecule has 0 radical (unpaired) electrons. The van der Waals surface area contributed by atoms with E-state index in [1.165, 1.54) is 19.1 Å². The molecule has 3 N–H and O–H groups in total. The summed E-state index contributed by atoms with van der Waals surface area (Å²) in [6.45, 7) is 5.66. The van der Waals surface area contributed by atoms with Crippen LogP contribution in [0.3, 0.4) is 0 Å². The van der Waals surface area contributed by atoms with E-state index in [0.29, 0.717) is 17.9 Å². The van der Waals surface area contributed by atoms with Gasteiger partial charge in [0.2, 0.25) is 10.0 Å². The van der Waals surface area contributed by atoms with Crippen molar-refractivity contribution in [3.8, 4) is 0 Å². The van der Waals surface area contributed by atoms with Crippen LogP contribution in [0, 0.1) is 5.92 Å². The van der Waals surface area contributed by atoms with Crippen molar-refractivity contribution in [1.29, 1.82) is 0 Å². The quantitative estimate of drug-likeness (QED) is 0.747. The van der Waals surface area contributed by atoms with E-state index in [4.69, 9.17) is 5.73 Å². The van der Waals surface area contributed by atoms with Crippen LogP contribution in [-0.4, -0.2) is 26.8 Å². The zero-order chi connectivity index (χ0) is 15.3. The number of nitrogens with one attached hydrogen (secondary N) is 1. The van der Waals surface area contributed by atoms with Crippen LogP contribution in [0.25, 0.3) is 0 Å². The summed E-state index contributed by atoms with van der Waals surface area (Å²) in [5.74, 6) is 0.175. The van der Waals surface area contributed by atoms with E-state index in [0.717, 1.165) is 0 Å². The lowest BCUT2D eigenvalue weighted by molar-refractivity contribution is 0.101. The van der Waals surface area contributed by atoms with E-state index in [9.17, 15) is 13.2 Å². The largest absolute Gasteiger partial charge is 0.329 e.